The maximum Gasteiger partial charge on any atom is 0.0542 e. The molecule has 3 heteroatoms. The van der Waals surface area contributed by atoms with Crippen LogP contribution in [0.4, 0.5) is 0 Å². The molecule has 3 nitrogen and oxygen atoms in total. The molecule has 0 aliphatic rings. The summed E-state index contributed by atoms with van der Waals surface area (Å²) >= 11 is 0. The van der Waals surface area contributed by atoms with Gasteiger partial charge in [-0.2, -0.15) is 0 Å². The van der Waals surface area contributed by atoms with Crippen LogP contribution in [0.15, 0.2) is 0 Å². The van der Waals surface area contributed by atoms with Crippen molar-refractivity contribution in [3.8, 4) is 0 Å². The van der Waals surface area contributed by atoms with Crippen molar-refractivity contribution in [3.63, 3.8) is 0 Å². The highest BCUT2D eigenvalue weighted by atomic mass is 16.3. The lowest BCUT2D eigenvalue weighted by atomic mass is 10.1. The summed E-state index contributed by atoms with van der Waals surface area (Å²) in [6.07, 6.45) is 1.82. The first kappa shape index (κ1) is 10.9. The molecule has 0 amide bonds. The van der Waals surface area contributed by atoms with Gasteiger partial charge in [-0.05, 0) is 32.6 Å². The Kier molecular flexibility index (Phi) is 6.51. The zero-order valence-electron chi connectivity index (χ0n) is 7.03. The van der Waals surface area contributed by atoms with Crippen molar-refractivity contribution in [1.29, 1.82) is 0 Å². The molecule has 0 aromatic heterocycles. The Hall–Kier alpha value is -0.120. The van der Waals surface area contributed by atoms with Gasteiger partial charge in [0.1, 0.15) is 0 Å². The Labute approximate surface area is 67.7 Å². The van der Waals surface area contributed by atoms with Gasteiger partial charge in [0.05, 0.1) is 12.2 Å². The Morgan fingerprint density at radius 3 is 2.18 bits per heavy atom. The van der Waals surface area contributed by atoms with E-state index < -0.39 is 0 Å². The minimum absolute atomic E-state index is 0.131. The lowest BCUT2D eigenvalue weighted by Gasteiger charge is -2.10. The first-order valence-corrected chi connectivity index (χ1v) is 4.13. The summed E-state index contributed by atoms with van der Waals surface area (Å²) in [5.41, 5.74) is 0. The summed E-state index contributed by atoms with van der Waals surface area (Å²) in [4.78, 5) is 0. The van der Waals surface area contributed by atoms with Crippen LogP contribution in [0, 0.1) is 0 Å². The third kappa shape index (κ3) is 7.78. The van der Waals surface area contributed by atoms with Crippen LogP contribution in [-0.2, 0) is 0 Å². The summed E-state index contributed by atoms with van der Waals surface area (Å²) < 4.78 is 0. The van der Waals surface area contributed by atoms with E-state index >= 15 is 0 Å². The smallest absolute Gasteiger partial charge is 0.0542 e. The largest absolute Gasteiger partial charge is 0.396 e. The highest BCUT2D eigenvalue weighted by Crippen LogP contribution is 2.06. The first-order valence-electron chi connectivity index (χ1n) is 4.13. The van der Waals surface area contributed by atoms with Gasteiger partial charge < -0.3 is 15.3 Å². The van der Waals surface area contributed by atoms with Crippen LogP contribution < -0.4 is 0 Å². The van der Waals surface area contributed by atoms with Crippen molar-refractivity contribution >= 4 is 0 Å². The van der Waals surface area contributed by atoms with E-state index in [1.807, 2.05) is 0 Å². The topological polar surface area (TPSA) is 60.7 Å². The molecule has 0 radical (unpaired) electrons. The van der Waals surface area contributed by atoms with E-state index in [1.165, 1.54) is 0 Å². The summed E-state index contributed by atoms with van der Waals surface area (Å²) in [5, 5.41) is 26.5. The SMILES string of the molecule is C[C@H](O)CC[C@H](O)CCCO. The third-order valence-corrected chi connectivity index (χ3v) is 1.61. The Bertz CT molecular complexity index is 83.4. The van der Waals surface area contributed by atoms with Crippen LogP contribution in [0.1, 0.15) is 32.6 Å². The van der Waals surface area contributed by atoms with E-state index in [0.717, 1.165) is 0 Å². The Morgan fingerprint density at radius 2 is 1.73 bits per heavy atom. The molecule has 11 heavy (non-hydrogen) atoms. The minimum atomic E-state index is -0.364. The maximum absolute atomic E-state index is 9.21. The van der Waals surface area contributed by atoms with E-state index in [0.29, 0.717) is 25.7 Å². The van der Waals surface area contributed by atoms with Crippen molar-refractivity contribution in [3.05, 3.63) is 0 Å². The Balaban J connectivity index is 3.15. The van der Waals surface area contributed by atoms with E-state index in [1.54, 1.807) is 6.92 Å². The molecule has 0 spiro atoms. The standard InChI is InChI=1S/C8H18O3/c1-7(10)4-5-8(11)3-2-6-9/h7-11H,2-6H2,1H3/t7-,8+/m0/s1. The zero-order valence-corrected chi connectivity index (χ0v) is 7.03. The third-order valence-electron chi connectivity index (χ3n) is 1.61. The van der Waals surface area contributed by atoms with E-state index in [2.05, 4.69) is 0 Å². The van der Waals surface area contributed by atoms with Crippen LogP contribution in [0.5, 0.6) is 0 Å². The molecule has 0 aromatic carbocycles. The molecule has 68 valence electrons. The molecule has 0 fully saturated rings. The second-order valence-electron chi connectivity index (χ2n) is 2.95. The lowest BCUT2D eigenvalue weighted by molar-refractivity contribution is 0.110. The fraction of sp³-hybridized carbons (Fsp3) is 1.00. The molecule has 2 atom stereocenters. The molecule has 3 N–H and O–H groups in total. The molecular weight excluding hydrogens is 144 g/mol. The van der Waals surface area contributed by atoms with Crippen molar-refractivity contribution in [1.82, 2.24) is 0 Å². The van der Waals surface area contributed by atoms with Crippen molar-refractivity contribution in [2.75, 3.05) is 6.61 Å². The summed E-state index contributed by atoms with van der Waals surface area (Å²) in [6, 6.07) is 0. The molecule has 0 aliphatic carbocycles. The molecule has 0 saturated heterocycles. The van der Waals surface area contributed by atoms with Crippen molar-refractivity contribution in [2.24, 2.45) is 0 Å². The molecular formula is C8H18O3. The lowest BCUT2D eigenvalue weighted by Crippen LogP contribution is -2.11. The molecule has 0 saturated carbocycles. The molecule has 0 aromatic rings. The summed E-state index contributed by atoms with van der Waals surface area (Å²) in [7, 11) is 0. The second-order valence-corrected chi connectivity index (χ2v) is 2.95. The van der Waals surface area contributed by atoms with Gasteiger partial charge in [-0.25, -0.2) is 0 Å². The number of rotatable bonds is 6. The van der Waals surface area contributed by atoms with E-state index in [9.17, 15) is 5.11 Å². The molecule has 0 aliphatic heterocycles. The van der Waals surface area contributed by atoms with Crippen molar-refractivity contribution < 1.29 is 15.3 Å². The van der Waals surface area contributed by atoms with Crippen LogP contribution in [-0.4, -0.2) is 34.1 Å². The maximum atomic E-state index is 9.21. The number of aliphatic hydroxyl groups excluding tert-OH is 3. The van der Waals surface area contributed by atoms with Crippen LogP contribution >= 0.6 is 0 Å². The number of hydrogen-bond donors (Lipinski definition) is 3. The van der Waals surface area contributed by atoms with Crippen LogP contribution in [0.3, 0.4) is 0 Å². The van der Waals surface area contributed by atoms with Crippen molar-refractivity contribution in [2.45, 2.75) is 44.8 Å². The van der Waals surface area contributed by atoms with Crippen LogP contribution in [0.2, 0.25) is 0 Å². The van der Waals surface area contributed by atoms with Gasteiger partial charge in [0.2, 0.25) is 0 Å². The predicted octanol–water partition coefficient (Wildman–Crippen LogP) is 0.281. The van der Waals surface area contributed by atoms with Gasteiger partial charge >= 0.3 is 0 Å². The first-order chi connectivity index (χ1) is 5.16. The van der Waals surface area contributed by atoms with Gasteiger partial charge in [-0.3, -0.25) is 0 Å². The fourth-order valence-corrected chi connectivity index (χ4v) is 0.905. The van der Waals surface area contributed by atoms with Gasteiger partial charge in [0.25, 0.3) is 0 Å². The van der Waals surface area contributed by atoms with Gasteiger partial charge in [0.15, 0.2) is 0 Å². The van der Waals surface area contributed by atoms with Gasteiger partial charge in [0, 0.05) is 6.61 Å². The highest BCUT2D eigenvalue weighted by Gasteiger charge is 2.04. The van der Waals surface area contributed by atoms with Crippen LogP contribution in [0.25, 0.3) is 0 Å². The quantitative estimate of drug-likeness (QED) is 0.525. The van der Waals surface area contributed by atoms with Gasteiger partial charge in [-0.15, -0.1) is 0 Å². The summed E-state index contributed by atoms with van der Waals surface area (Å²) in [5.74, 6) is 0. The highest BCUT2D eigenvalue weighted by molar-refractivity contribution is 4.57. The zero-order chi connectivity index (χ0) is 8.69. The Morgan fingerprint density at radius 1 is 1.09 bits per heavy atom. The summed E-state index contributed by atoms with van der Waals surface area (Å²) in [6.45, 7) is 1.84. The number of hydrogen-bond acceptors (Lipinski definition) is 3. The molecule has 0 bridgehead atoms. The average molecular weight is 162 g/mol. The predicted molar refractivity (Wildman–Crippen MR) is 43.2 cm³/mol. The average Bonchev–Trinajstić information content (AvgIpc) is 1.97. The van der Waals surface area contributed by atoms with E-state index in [-0.39, 0.29) is 18.8 Å². The molecule has 0 unspecified atom stereocenters. The monoisotopic (exact) mass is 162 g/mol. The minimum Gasteiger partial charge on any atom is -0.396 e. The number of aliphatic hydroxyl groups is 3. The van der Waals surface area contributed by atoms with E-state index in [4.69, 9.17) is 10.2 Å². The van der Waals surface area contributed by atoms with Gasteiger partial charge in [-0.1, -0.05) is 0 Å². The normalized spacial score (nSPS) is 16.4. The second kappa shape index (κ2) is 6.58. The fourth-order valence-electron chi connectivity index (χ4n) is 0.905. The molecule has 0 rings (SSSR count). The molecule has 0 heterocycles.